The number of nitrogens with one attached hydrogen (secondary N) is 1. The summed E-state index contributed by atoms with van der Waals surface area (Å²) < 4.78 is 5.37. The molecule has 0 heterocycles. The van der Waals surface area contributed by atoms with Gasteiger partial charge in [0.05, 0.1) is 7.11 Å². The average molecular weight is 222 g/mol. The molecule has 0 saturated heterocycles. The third-order valence-electron chi connectivity index (χ3n) is 2.77. The first kappa shape index (κ1) is 13.0. The summed E-state index contributed by atoms with van der Waals surface area (Å²) in [6.07, 6.45) is 1.01. The number of benzene rings is 1. The van der Waals surface area contributed by atoms with E-state index in [1.165, 1.54) is 16.7 Å². The number of hydrogen-bond donors (Lipinski definition) is 2. The van der Waals surface area contributed by atoms with Crippen LogP contribution >= 0.6 is 0 Å². The number of hydrogen-bond acceptors (Lipinski definition) is 3. The van der Waals surface area contributed by atoms with Crippen molar-refractivity contribution in [3.05, 3.63) is 28.8 Å². The zero-order valence-corrected chi connectivity index (χ0v) is 10.5. The summed E-state index contributed by atoms with van der Waals surface area (Å²) in [6.45, 7) is 6.75. The maximum Gasteiger partial charge on any atom is 0.123 e. The summed E-state index contributed by atoms with van der Waals surface area (Å²) in [7, 11) is 1.72. The second-order valence-electron chi connectivity index (χ2n) is 4.07. The lowest BCUT2D eigenvalue weighted by molar-refractivity contribution is 0.407. The highest BCUT2D eigenvalue weighted by Gasteiger charge is 2.05. The summed E-state index contributed by atoms with van der Waals surface area (Å²) in [4.78, 5) is 0. The van der Waals surface area contributed by atoms with E-state index in [-0.39, 0.29) is 0 Å². The van der Waals surface area contributed by atoms with Gasteiger partial charge in [0, 0.05) is 12.1 Å². The monoisotopic (exact) mass is 222 g/mol. The molecular weight excluding hydrogens is 200 g/mol. The maximum absolute atomic E-state index is 5.44. The minimum atomic E-state index is 0.733. The molecule has 0 saturated carbocycles. The van der Waals surface area contributed by atoms with E-state index in [1.807, 2.05) is 0 Å². The molecule has 0 atom stereocenters. The Labute approximate surface area is 98.0 Å². The van der Waals surface area contributed by atoms with Crippen LogP contribution in [0.1, 0.15) is 23.1 Å². The minimum Gasteiger partial charge on any atom is -0.496 e. The highest BCUT2D eigenvalue weighted by atomic mass is 16.5. The van der Waals surface area contributed by atoms with Crippen LogP contribution < -0.4 is 15.8 Å². The third-order valence-corrected chi connectivity index (χ3v) is 2.77. The predicted molar refractivity (Wildman–Crippen MR) is 67.8 cm³/mol. The average Bonchev–Trinajstić information content (AvgIpc) is 2.28. The van der Waals surface area contributed by atoms with E-state index in [1.54, 1.807) is 7.11 Å². The molecule has 0 aromatic heterocycles. The summed E-state index contributed by atoms with van der Waals surface area (Å²) >= 11 is 0. The standard InChI is InChI=1S/C13H22N2O/c1-10-7-12(9-15-6-4-5-14)13(16-3)8-11(10)2/h7-8,15H,4-6,9,14H2,1-3H3. The normalized spacial score (nSPS) is 10.5. The Kier molecular flexibility index (Phi) is 5.29. The molecule has 3 N–H and O–H groups in total. The van der Waals surface area contributed by atoms with E-state index in [4.69, 9.17) is 10.5 Å². The van der Waals surface area contributed by atoms with Crippen molar-refractivity contribution in [2.45, 2.75) is 26.8 Å². The number of ether oxygens (including phenoxy) is 1. The van der Waals surface area contributed by atoms with Gasteiger partial charge in [0.15, 0.2) is 0 Å². The molecule has 0 bridgehead atoms. The summed E-state index contributed by atoms with van der Waals surface area (Å²) in [5.74, 6) is 0.961. The van der Waals surface area contributed by atoms with Gasteiger partial charge >= 0.3 is 0 Å². The Morgan fingerprint density at radius 3 is 2.56 bits per heavy atom. The highest BCUT2D eigenvalue weighted by Crippen LogP contribution is 2.22. The first-order valence-corrected chi connectivity index (χ1v) is 5.74. The first-order valence-electron chi connectivity index (χ1n) is 5.74. The smallest absolute Gasteiger partial charge is 0.123 e. The number of rotatable bonds is 6. The van der Waals surface area contributed by atoms with Crippen LogP contribution in [0.4, 0.5) is 0 Å². The van der Waals surface area contributed by atoms with Crippen molar-refractivity contribution in [2.24, 2.45) is 5.73 Å². The van der Waals surface area contributed by atoms with Gasteiger partial charge in [-0.05, 0) is 50.6 Å². The van der Waals surface area contributed by atoms with Crippen LogP contribution in [0.5, 0.6) is 5.75 Å². The van der Waals surface area contributed by atoms with Crippen LogP contribution in [0.25, 0.3) is 0 Å². The van der Waals surface area contributed by atoms with E-state index >= 15 is 0 Å². The molecule has 3 nitrogen and oxygen atoms in total. The van der Waals surface area contributed by atoms with Gasteiger partial charge in [-0.25, -0.2) is 0 Å². The van der Waals surface area contributed by atoms with Gasteiger partial charge in [0.25, 0.3) is 0 Å². The Hall–Kier alpha value is -1.06. The second kappa shape index (κ2) is 6.51. The van der Waals surface area contributed by atoms with Gasteiger partial charge in [-0.1, -0.05) is 6.07 Å². The molecule has 90 valence electrons. The number of aryl methyl sites for hydroxylation is 2. The molecule has 0 aliphatic carbocycles. The lowest BCUT2D eigenvalue weighted by Gasteiger charge is -2.12. The van der Waals surface area contributed by atoms with Crippen molar-refractivity contribution >= 4 is 0 Å². The van der Waals surface area contributed by atoms with Crippen LogP contribution in [0.15, 0.2) is 12.1 Å². The van der Waals surface area contributed by atoms with Gasteiger partial charge < -0.3 is 15.8 Å². The first-order chi connectivity index (χ1) is 7.69. The molecule has 0 spiro atoms. The van der Waals surface area contributed by atoms with Crippen LogP contribution in [-0.2, 0) is 6.54 Å². The van der Waals surface area contributed by atoms with Crippen LogP contribution in [0.3, 0.4) is 0 Å². The maximum atomic E-state index is 5.44. The molecule has 0 fully saturated rings. The molecule has 0 unspecified atom stereocenters. The van der Waals surface area contributed by atoms with Crippen LogP contribution in [0.2, 0.25) is 0 Å². The zero-order valence-electron chi connectivity index (χ0n) is 10.5. The van der Waals surface area contributed by atoms with E-state index in [0.29, 0.717) is 0 Å². The van der Waals surface area contributed by atoms with Gasteiger partial charge in [-0.15, -0.1) is 0 Å². The quantitative estimate of drug-likeness (QED) is 0.721. The van der Waals surface area contributed by atoms with Crippen LogP contribution in [0, 0.1) is 13.8 Å². The molecule has 0 amide bonds. The van der Waals surface area contributed by atoms with E-state index in [0.717, 1.165) is 31.8 Å². The fourth-order valence-corrected chi connectivity index (χ4v) is 1.63. The largest absolute Gasteiger partial charge is 0.496 e. The summed E-state index contributed by atoms with van der Waals surface area (Å²) in [5.41, 5.74) is 9.22. The molecule has 0 aliphatic heterocycles. The molecule has 1 aromatic rings. The van der Waals surface area contributed by atoms with Gasteiger partial charge in [0.2, 0.25) is 0 Å². The van der Waals surface area contributed by atoms with Crippen molar-refractivity contribution < 1.29 is 4.74 Å². The molecule has 0 aliphatic rings. The lowest BCUT2D eigenvalue weighted by Crippen LogP contribution is -2.18. The Morgan fingerprint density at radius 1 is 1.25 bits per heavy atom. The predicted octanol–water partition coefficient (Wildman–Crippen LogP) is 1.75. The molecule has 1 aromatic carbocycles. The highest BCUT2D eigenvalue weighted by molar-refractivity contribution is 5.41. The second-order valence-corrected chi connectivity index (χ2v) is 4.07. The molecule has 16 heavy (non-hydrogen) atoms. The summed E-state index contributed by atoms with van der Waals surface area (Å²) in [5, 5.41) is 3.36. The van der Waals surface area contributed by atoms with E-state index in [9.17, 15) is 0 Å². The van der Waals surface area contributed by atoms with E-state index < -0.39 is 0 Å². The van der Waals surface area contributed by atoms with Gasteiger partial charge in [-0.3, -0.25) is 0 Å². The van der Waals surface area contributed by atoms with Crippen molar-refractivity contribution in [3.8, 4) is 5.75 Å². The SMILES string of the molecule is COc1cc(C)c(C)cc1CNCCCN. The van der Waals surface area contributed by atoms with Gasteiger partial charge in [-0.2, -0.15) is 0 Å². The van der Waals surface area contributed by atoms with Crippen molar-refractivity contribution in [1.29, 1.82) is 0 Å². The van der Waals surface area contributed by atoms with Crippen LogP contribution in [-0.4, -0.2) is 20.2 Å². The summed E-state index contributed by atoms with van der Waals surface area (Å²) in [6, 6.07) is 4.28. The zero-order chi connectivity index (χ0) is 12.0. The minimum absolute atomic E-state index is 0.733. The third kappa shape index (κ3) is 3.51. The lowest BCUT2D eigenvalue weighted by atomic mass is 10.0. The van der Waals surface area contributed by atoms with Crippen molar-refractivity contribution in [3.63, 3.8) is 0 Å². The molecule has 0 radical (unpaired) electrons. The number of nitrogens with two attached hydrogens (primary N) is 1. The van der Waals surface area contributed by atoms with Crippen molar-refractivity contribution in [1.82, 2.24) is 5.32 Å². The molecule has 3 heteroatoms. The van der Waals surface area contributed by atoms with Gasteiger partial charge in [0.1, 0.15) is 5.75 Å². The Balaban J connectivity index is 2.66. The molecule has 1 rings (SSSR count). The fourth-order valence-electron chi connectivity index (χ4n) is 1.63. The number of methoxy groups -OCH3 is 1. The fraction of sp³-hybridized carbons (Fsp3) is 0.538. The van der Waals surface area contributed by atoms with Crippen molar-refractivity contribution in [2.75, 3.05) is 20.2 Å². The Bertz CT molecular complexity index is 337. The topological polar surface area (TPSA) is 47.3 Å². The Morgan fingerprint density at radius 2 is 1.94 bits per heavy atom. The van der Waals surface area contributed by atoms with E-state index in [2.05, 4.69) is 31.3 Å². The molecular formula is C13H22N2O.